The standard InChI is InChI=1S/C20H22N4O2S3/c1-26-15-8-6-14(7-9-15)12-21-19-22-23-20(29-19)28-13-18(25)24-10-2-4-16(24)17-5-3-11-27-17/h3,5-9,11,16H,2,4,10,12-13H2,1H3,(H,21,22)/t16-/m1/s1. The Balaban J connectivity index is 1.27. The van der Waals surface area contributed by atoms with Crippen molar-refractivity contribution in [3.8, 4) is 5.75 Å². The second kappa shape index (κ2) is 9.60. The Morgan fingerprint density at radius 1 is 1.31 bits per heavy atom. The van der Waals surface area contributed by atoms with E-state index in [4.69, 9.17) is 4.74 Å². The molecule has 0 unspecified atom stereocenters. The van der Waals surface area contributed by atoms with Crippen molar-refractivity contribution >= 4 is 45.5 Å². The molecule has 3 heterocycles. The minimum absolute atomic E-state index is 0.175. The van der Waals surface area contributed by atoms with Crippen molar-refractivity contribution < 1.29 is 9.53 Å². The third-order valence-electron chi connectivity index (χ3n) is 4.77. The first-order chi connectivity index (χ1) is 14.2. The summed E-state index contributed by atoms with van der Waals surface area (Å²) in [5.74, 6) is 1.41. The summed E-state index contributed by atoms with van der Waals surface area (Å²) in [5.41, 5.74) is 1.14. The van der Waals surface area contributed by atoms with Gasteiger partial charge in [-0.15, -0.1) is 21.5 Å². The van der Waals surface area contributed by atoms with Gasteiger partial charge < -0.3 is 15.0 Å². The summed E-state index contributed by atoms with van der Waals surface area (Å²) in [6, 6.07) is 12.3. The van der Waals surface area contributed by atoms with Gasteiger partial charge in [0.05, 0.1) is 18.9 Å². The Bertz CT molecular complexity index is 928. The lowest BCUT2D eigenvalue weighted by Crippen LogP contribution is -2.31. The molecule has 0 radical (unpaired) electrons. The number of thioether (sulfide) groups is 1. The lowest BCUT2D eigenvalue weighted by molar-refractivity contribution is -0.129. The molecule has 2 aromatic heterocycles. The molecule has 1 saturated heterocycles. The van der Waals surface area contributed by atoms with E-state index in [1.54, 1.807) is 18.4 Å². The van der Waals surface area contributed by atoms with Gasteiger partial charge >= 0.3 is 0 Å². The molecule has 0 saturated carbocycles. The first-order valence-corrected chi connectivity index (χ1v) is 12.1. The fourth-order valence-corrected chi connectivity index (χ4v) is 5.82. The van der Waals surface area contributed by atoms with Gasteiger partial charge in [0.15, 0.2) is 4.34 Å². The highest BCUT2D eigenvalue weighted by molar-refractivity contribution is 8.01. The molecule has 0 bridgehead atoms. The molecule has 4 rings (SSSR count). The number of hydrogen-bond donors (Lipinski definition) is 1. The van der Waals surface area contributed by atoms with E-state index in [1.165, 1.54) is 28.0 Å². The normalized spacial score (nSPS) is 16.2. The Labute approximate surface area is 182 Å². The van der Waals surface area contributed by atoms with E-state index in [9.17, 15) is 4.79 Å². The van der Waals surface area contributed by atoms with Crippen LogP contribution in [0, 0.1) is 0 Å². The molecule has 6 nitrogen and oxygen atoms in total. The van der Waals surface area contributed by atoms with Crippen molar-refractivity contribution in [2.24, 2.45) is 0 Å². The molecule has 1 fully saturated rings. The maximum absolute atomic E-state index is 12.7. The number of rotatable bonds is 8. The second-order valence-electron chi connectivity index (χ2n) is 6.62. The molecule has 3 aromatic rings. The van der Waals surface area contributed by atoms with E-state index in [-0.39, 0.29) is 11.9 Å². The summed E-state index contributed by atoms with van der Waals surface area (Å²) < 4.78 is 5.98. The maximum atomic E-state index is 12.7. The Morgan fingerprint density at radius 3 is 2.93 bits per heavy atom. The van der Waals surface area contributed by atoms with Crippen molar-refractivity contribution in [1.29, 1.82) is 0 Å². The highest BCUT2D eigenvalue weighted by atomic mass is 32.2. The molecule has 29 heavy (non-hydrogen) atoms. The van der Waals surface area contributed by atoms with E-state index in [0.717, 1.165) is 40.2 Å². The highest BCUT2D eigenvalue weighted by Gasteiger charge is 2.30. The Hall–Kier alpha value is -2.10. The molecule has 1 aliphatic rings. The predicted octanol–water partition coefficient (Wildman–Crippen LogP) is 4.68. The molecule has 1 aliphatic heterocycles. The quantitative estimate of drug-likeness (QED) is 0.507. The van der Waals surface area contributed by atoms with Gasteiger partial charge in [-0.1, -0.05) is 41.3 Å². The molecule has 0 aliphatic carbocycles. The summed E-state index contributed by atoms with van der Waals surface area (Å²) >= 11 is 4.67. The van der Waals surface area contributed by atoms with E-state index in [1.807, 2.05) is 29.2 Å². The van der Waals surface area contributed by atoms with Crippen molar-refractivity contribution in [3.63, 3.8) is 0 Å². The van der Waals surface area contributed by atoms with Gasteiger partial charge in [0.2, 0.25) is 11.0 Å². The minimum Gasteiger partial charge on any atom is -0.497 e. The number of amides is 1. The second-order valence-corrected chi connectivity index (χ2v) is 9.80. The third-order valence-corrected chi connectivity index (χ3v) is 7.75. The molecule has 1 N–H and O–H groups in total. The summed E-state index contributed by atoms with van der Waals surface area (Å²) in [6.45, 7) is 1.51. The summed E-state index contributed by atoms with van der Waals surface area (Å²) in [4.78, 5) is 16.0. The van der Waals surface area contributed by atoms with Gasteiger partial charge in [-0.05, 0) is 42.0 Å². The number of methoxy groups -OCH3 is 1. The minimum atomic E-state index is 0.175. The molecule has 1 atom stereocenters. The SMILES string of the molecule is COc1ccc(CNc2nnc(SCC(=O)N3CCC[C@@H]3c3cccs3)s2)cc1. The van der Waals surface area contributed by atoms with Gasteiger partial charge in [-0.2, -0.15) is 0 Å². The number of hydrogen-bond acceptors (Lipinski definition) is 8. The zero-order valence-corrected chi connectivity index (χ0v) is 18.5. The van der Waals surface area contributed by atoms with E-state index >= 15 is 0 Å². The van der Waals surface area contributed by atoms with Gasteiger partial charge in [-0.25, -0.2) is 0 Å². The predicted molar refractivity (Wildman–Crippen MR) is 119 cm³/mol. The summed E-state index contributed by atoms with van der Waals surface area (Å²) in [7, 11) is 1.66. The number of likely N-dealkylation sites (tertiary alicyclic amines) is 1. The fourth-order valence-electron chi connectivity index (χ4n) is 3.31. The largest absolute Gasteiger partial charge is 0.497 e. The summed E-state index contributed by atoms with van der Waals surface area (Å²) in [5, 5.41) is 14.5. The number of carbonyl (C=O) groups is 1. The van der Waals surface area contributed by atoms with Crippen molar-refractivity contribution in [2.45, 2.75) is 29.8 Å². The number of nitrogens with zero attached hydrogens (tertiary/aromatic N) is 3. The van der Waals surface area contributed by atoms with Crippen molar-refractivity contribution in [1.82, 2.24) is 15.1 Å². The molecule has 1 aromatic carbocycles. The number of aromatic nitrogens is 2. The van der Waals surface area contributed by atoms with Crippen LogP contribution in [0.4, 0.5) is 5.13 Å². The Kier molecular flexibility index (Phi) is 6.68. The number of thiophene rings is 1. The topological polar surface area (TPSA) is 67.3 Å². The van der Waals surface area contributed by atoms with E-state index in [0.29, 0.717) is 12.3 Å². The molecule has 152 valence electrons. The van der Waals surface area contributed by atoms with Gasteiger partial charge in [0.1, 0.15) is 5.75 Å². The van der Waals surface area contributed by atoms with Gasteiger partial charge in [0, 0.05) is 18.0 Å². The average Bonchev–Trinajstić information content (AvgIpc) is 3.52. The van der Waals surface area contributed by atoms with Crippen LogP contribution in [0.1, 0.15) is 29.3 Å². The molecular formula is C20H22N4O2S3. The lowest BCUT2D eigenvalue weighted by Gasteiger charge is -2.23. The van der Waals surface area contributed by atoms with Crippen molar-refractivity contribution in [2.75, 3.05) is 24.7 Å². The average molecular weight is 447 g/mol. The molecule has 1 amide bonds. The molecular weight excluding hydrogens is 424 g/mol. The molecule has 9 heteroatoms. The van der Waals surface area contributed by atoms with Crippen LogP contribution in [0.5, 0.6) is 5.75 Å². The van der Waals surface area contributed by atoms with Crippen LogP contribution in [-0.2, 0) is 11.3 Å². The smallest absolute Gasteiger partial charge is 0.233 e. The van der Waals surface area contributed by atoms with E-state index < -0.39 is 0 Å². The monoisotopic (exact) mass is 446 g/mol. The number of carbonyl (C=O) groups excluding carboxylic acids is 1. The zero-order valence-electron chi connectivity index (χ0n) is 16.0. The fraction of sp³-hybridized carbons (Fsp3) is 0.350. The Morgan fingerprint density at radius 2 is 2.17 bits per heavy atom. The number of anilines is 1. The third kappa shape index (κ3) is 5.09. The number of ether oxygens (including phenoxy) is 1. The maximum Gasteiger partial charge on any atom is 0.233 e. The zero-order chi connectivity index (χ0) is 20.1. The van der Waals surface area contributed by atoms with Crippen LogP contribution in [0.2, 0.25) is 0 Å². The first-order valence-electron chi connectivity index (χ1n) is 9.39. The van der Waals surface area contributed by atoms with Crippen LogP contribution in [0.3, 0.4) is 0 Å². The van der Waals surface area contributed by atoms with Gasteiger partial charge in [-0.3, -0.25) is 4.79 Å². The van der Waals surface area contributed by atoms with Crippen LogP contribution in [-0.4, -0.2) is 40.4 Å². The first kappa shape index (κ1) is 20.2. The van der Waals surface area contributed by atoms with Gasteiger partial charge in [0.25, 0.3) is 0 Å². The molecule has 0 spiro atoms. The highest BCUT2D eigenvalue weighted by Crippen LogP contribution is 2.35. The number of nitrogens with one attached hydrogen (secondary N) is 1. The van der Waals surface area contributed by atoms with Crippen LogP contribution in [0.25, 0.3) is 0 Å². The summed E-state index contributed by atoms with van der Waals surface area (Å²) in [6.07, 6.45) is 2.12. The van der Waals surface area contributed by atoms with Crippen LogP contribution in [0.15, 0.2) is 46.1 Å². The van der Waals surface area contributed by atoms with Crippen LogP contribution >= 0.6 is 34.4 Å². The van der Waals surface area contributed by atoms with Crippen molar-refractivity contribution in [3.05, 3.63) is 52.2 Å². The van der Waals surface area contributed by atoms with Crippen LogP contribution < -0.4 is 10.1 Å². The lowest BCUT2D eigenvalue weighted by atomic mass is 10.2. The van der Waals surface area contributed by atoms with E-state index in [2.05, 4.69) is 33.0 Å². The number of benzene rings is 1.